The van der Waals surface area contributed by atoms with Gasteiger partial charge in [0.1, 0.15) is 5.75 Å². The van der Waals surface area contributed by atoms with Gasteiger partial charge in [-0.05, 0) is 37.0 Å². The number of halogens is 1. The number of hydrogen-bond acceptors (Lipinski definition) is 3. The number of nitrogens with one attached hydrogen (secondary N) is 2. The molecule has 2 aromatic carbocycles. The second-order valence-corrected chi connectivity index (χ2v) is 6.19. The maximum absolute atomic E-state index is 5.69. The molecule has 0 saturated heterocycles. The van der Waals surface area contributed by atoms with Crippen LogP contribution in [0, 0.1) is 0 Å². The predicted molar refractivity (Wildman–Crippen MR) is 127 cm³/mol. The molecule has 6 heteroatoms. The van der Waals surface area contributed by atoms with E-state index in [2.05, 4.69) is 27.8 Å². The maximum Gasteiger partial charge on any atom is 0.190 e. The van der Waals surface area contributed by atoms with Crippen LogP contribution in [0.2, 0.25) is 0 Å². The highest BCUT2D eigenvalue weighted by Crippen LogP contribution is 2.08. The van der Waals surface area contributed by atoms with Gasteiger partial charge in [0.05, 0.1) is 13.2 Å². The summed E-state index contributed by atoms with van der Waals surface area (Å²) in [4.78, 5) is 4.24. The van der Waals surface area contributed by atoms with Crippen LogP contribution in [-0.2, 0) is 11.3 Å². The molecule has 0 bridgehead atoms. The fraction of sp³-hybridized carbons (Fsp3) is 0.409. The van der Waals surface area contributed by atoms with E-state index < -0.39 is 0 Å². The Kier molecular flexibility index (Phi) is 14.0. The average molecular weight is 497 g/mol. The SMILES string of the molecule is CN=C(NCCCCOCc1ccccc1)NCCCOc1ccccc1.I. The van der Waals surface area contributed by atoms with Gasteiger partial charge in [-0.1, -0.05) is 48.5 Å². The van der Waals surface area contributed by atoms with Crippen LogP contribution < -0.4 is 15.4 Å². The lowest BCUT2D eigenvalue weighted by Crippen LogP contribution is -2.38. The molecule has 2 aromatic rings. The van der Waals surface area contributed by atoms with Crippen molar-refractivity contribution >= 4 is 29.9 Å². The Hall–Kier alpha value is -1.80. The Labute approximate surface area is 186 Å². The van der Waals surface area contributed by atoms with Gasteiger partial charge in [0, 0.05) is 26.7 Å². The van der Waals surface area contributed by atoms with Gasteiger partial charge in [0.2, 0.25) is 0 Å². The minimum absolute atomic E-state index is 0. The van der Waals surface area contributed by atoms with Gasteiger partial charge in [-0.25, -0.2) is 0 Å². The zero-order valence-electron chi connectivity index (χ0n) is 16.6. The molecular formula is C22H32IN3O2. The van der Waals surface area contributed by atoms with Crippen molar-refractivity contribution in [3.05, 3.63) is 66.2 Å². The summed E-state index contributed by atoms with van der Waals surface area (Å²) < 4.78 is 11.4. The molecule has 2 rings (SSSR count). The molecule has 0 aromatic heterocycles. The van der Waals surface area contributed by atoms with E-state index in [1.165, 1.54) is 5.56 Å². The molecule has 0 aliphatic carbocycles. The van der Waals surface area contributed by atoms with Crippen molar-refractivity contribution < 1.29 is 9.47 Å². The van der Waals surface area contributed by atoms with E-state index in [0.29, 0.717) is 13.2 Å². The van der Waals surface area contributed by atoms with Crippen LogP contribution >= 0.6 is 24.0 Å². The van der Waals surface area contributed by atoms with Crippen molar-refractivity contribution in [2.24, 2.45) is 4.99 Å². The molecule has 0 aliphatic heterocycles. The molecule has 0 radical (unpaired) electrons. The summed E-state index contributed by atoms with van der Waals surface area (Å²) >= 11 is 0. The molecule has 2 N–H and O–H groups in total. The number of rotatable bonds is 12. The van der Waals surface area contributed by atoms with E-state index >= 15 is 0 Å². The lowest BCUT2D eigenvalue weighted by atomic mass is 10.2. The van der Waals surface area contributed by atoms with Gasteiger partial charge in [-0.3, -0.25) is 4.99 Å². The summed E-state index contributed by atoms with van der Waals surface area (Å²) in [5.41, 5.74) is 1.22. The smallest absolute Gasteiger partial charge is 0.190 e. The van der Waals surface area contributed by atoms with E-state index in [1.54, 1.807) is 7.05 Å². The molecule has 28 heavy (non-hydrogen) atoms. The molecule has 0 saturated carbocycles. The number of nitrogens with zero attached hydrogens (tertiary/aromatic N) is 1. The van der Waals surface area contributed by atoms with Crippen LogP contribution in [0.5, 0.6) is 5.75 Å². The van der Waals surface area contributed by atoms with E-state index in [0.717, 1.165) is 50.7 Å². The van der Waals surface area contributed by atoms with E-state index in [1.807, 2.05) is 48.5 Å². The third-order valence-corrected chi connectivity index (χ3v) is 3.97. The monoisotopic (exact) mass is 497 g/mol. The number of benzene rings is 2. The molecule has 0 amide bonds. The molecule has 154 valence electrons. The van der Waals surface area contributed by atoms with Crippen molar-refractivity contribution in [2.45, 2.75) is 25.9 Å². The molecule has 0 fully saturated rings. The topological polar surface area (TPSA) is 54.9 Å². The second kappa shape index (κ2) is 16.2. The normalized spacial score (nSPS) is 10.8. The van der Waals surface area contributed by atoms with Crippen LogP contribution in [0.1, 0.15) is 24.8 Å². The standard InChI is InChI=1S/C22H31N3O2.HI/c1-23-22(25-16-10-18-27-21-13-6-3-7-14-21)24-15-8-9-17-26-19-20-11-4-2-5-12-20;/h2-7,11-14H,8-10,15-19H2,1H3,(H2,23,24,25);1H. The number of aliphatic imine (C=N–C) groups is 1. The molecule has 0 unspecified atom stereocenters. The minimum atomic E-state index is 0. The largest absolute Gasteiger partial charge is 0.494 e. The van der Waals surface area contributed by atoms with Crippen molar-refractivity contribution in [3.8, 4) is 5.75 Å². The first-order valence-electron chi connectivity index (χ1n) is 9.62. The van der Waals surface area contributed by atoms with Crippen molar-refractivity contribution in [2.75, 3.05) is 33.4 Å². The first kappa shape index (κ1) is 24.2. The van der Waals surface area contributed by atoms with Crippen LogP contribution in [0.3, 0.4) is 0 Å². The minimum Gasteiger partial charge on any atom is -0.494 e. The molecule has 0 atom stereocenters. The number of guanidine groups is 1. The Morgan fingerprint density at radius 2 is 1.46 bits per heavy atom. The van der Waals surface area contributed by atoms with Gasteiger partial charge in [0.15, 0.2) is 5.96 Å². The zero-order chi connectivity index (χ0) is 19.0. The first-order valence-corrected chi connectivity index (χ1v) is 9.62. The van der Waals surface area contributed by atoms with Gasteiger partial charge in [0.25, 0.3) is 0 Å². The fourth-order valence-corrected chi connectivity index (χ4v) is 2.51. The Bertz CT molecular complexity index is 639. The van der Waals surface area contributed by atoms with Crippen molar-refractivity contribution in [1.29, 1.82) is 0 Å². The highest BCUT2D eigenvalue weighted by molar-refractivity contribution is 14.0. The summed E-state index contributed by atoms with van der Waals surface area (Å²) in [5, 5.41) is 6.64. The summed E-state index contributed by atoms with van der Waals surface area (Å²) in [6, 6.07) is 20.1. The second-order valence-electron chi connectivity index (χ2n) is 6.19. The van der Waals surface area contributed by atoms with E-state index in [4.69, 9.17) is 9.47 Å². The Morgan fingerprint density at radius 1 is 0.821 bits per heavy atom. The fourth-order valence-electron chi connectivity index (χ4n) is 2.51. The Balaban J connectivity index is 0.00000392. The number of hydrogen-bond donors (Lipinski definition) is 2. The summed E-state index contributed by atoms with van der Waals surface area (Å²) in [6.07, 6.45) is 3.00. The van der Waals surface area contributed by atoms with Gasteiger partial charge < -0.3 is 20.1 Å². The lowest BCUT2D eigenvalue weighted by Gasteiger charge is -2.12. The number of ether oxygens (including phenoxy) is 2. The van der Waals surface area contributed by atoms with E-state index in [-0.39, 0.29) is 24.0 Å². The van der Waals surface area contributed by atoms with Gasteiger partial charge >= 0.3 is 0 Å². The number of para-hydroxylation sites is 1. The van der Waals surface area contributed by atoms with Crippen LogP contribution in [-0.4, -0.2) is 39.3 Å². The van der Waals surface area contributed by atoms with Crippen molar-refractivity contribution in [3.63, 3.8) is 0 Å². The molecule has 0 heterocycles. The first-order chi connectivity index (χ1) is 13.4. The molecule has 0 spiro atoms. The highest BCUT2D eigenvalue weighted by atomic mass is 127. The van der Waals surface area contributed by atoms with Gasteiger partial charge in [-0.15, -0.1) is 24.0 Å². The molecule has 5 nitrogen and oxygen atoms in total. The van der Waals surface area contributed by atoms with Crippen LogP contribution in [0.4, 0.5) is 0 Å². The quantitative estimate of drug-likeness (QED) is 0.200. The number of unbranched alkanes of at least 4 members (excludes halogenated alkanes) is 1. The average Bonchev–Trinajstić information content (AvgIpc) is 2.73. The summed E-state index contributed by atoms with van der Waals surface area (Å²) in [5.74, 6) is 1.74. The molecule has 0 aliphatic rings. The highest BCUT2D eigenvalue weighted by Gasteiger charge is 1.98. The van der Waals surface area contributed by atoms with Crippen molar-refractivity contribution in [1.82, 2.24) is 10.6 Å². The van der Waals surface area contributed by atoms with Gasteiger partial charge in [-0.2, -0.15) is 0 Å². The summed E-state index contributed by atoms with van der Waals surface area (Å²) in [7, 11) is 1.79. The lowest BCUT2D eigenvalue weighted by molar-refractivity contribution is 0.117. The third-order valence-electron chi connectivity index (χ3n) is 3.97. The maximum atomic E-state index is 5.69. The van der Waals surface area contributed by atoms with Crippen LogP contribution in [0.15, 0.2) is 65.7 Å². The summed E-state index contributed by atoms with van der Waals surface area (Å²) in [6.45, 7) is 3.86. The Morgan fingerprint density at radius 3 is 2.14 bits per heavy atom. The van der Waals surface area contributed by atoms with E-state index in [9.17, 15) is 0 Å². The zero-order valence-corrected chi connectivity index (χ0v) is 18.9. The molecular weight excluding hydrogens is 465 g/mol. The third kappa shape index (κ3) is 11.1. The van der Waals surface area contributed by atoms with Crippen LogP contribution in [0.25, 0.3) is 0 Å². The predicted octanol–water partition coefficient (Wildman–Crippen LogP) is 4.24.